The van der Waals surface area contributed by atoms with Crippen LogP contribution >= 0.6 is 22.9 Å². The second-order valence-electron chi connectivity index (χ2n) is 5.04. The third-order valence-electron chi connectivity index (χ3n) is 3.14. The number of thiophene rings is 1. The van der Waals surface area contributed by atoms with Crippen molar-refractivity contribution in [2.24, 2.45) is 0 Å². The summed E-state index contributed by atoms with van der Waals surface area (Å²) in [6, 6.07) is 11.1. The molecule has 0 aliphatic heterocycles. The lowest BCUT2D eigenvalue weighted by Gasteiger charge is -2.07. The molecule has 0 atom stereocenters. The molecule has 0 saturated heterocycles. The van der Waals surface area contributed by atoms with E-state index in [1.807, 2.05) is 31.2 Å². The van der Waals surface area contributed by atoms with Crippen molar-refractivity contribution in [1.29, 1.82) is 0 Å². The largest absolute Gasteiger partial charge is 0.492 e. The molecule has 122 valence electrons. The van der Waals surface area contributed by atoms with Crippen molar-refractivity contribution in [2.75, 3.05) is 13.2 Å². The van der Waals surface area contributed by atoms with E-state index in [0.717, 1.165) is 5.75 Å². The summed E-state index contributed by atoms with van der Waals surface area (Å²) in [6.45, 7) is 2.81. The summed E-state index contributed by atoms with van der Waals surface area (Å²) >= 11 is 7.02. The summed E-state index contributed by atoms with van der Waals surface area (Å²) in [4.78, 5) is 24.1. The highest BCUT2D eigenvalue weighted by molar-refractivity contribution is 7.18. The summed E-state index contributed by atoms with van der Waals surface area (Å²) in [5.74, 6) is 0.552. The number of carbonyl (C=O) groups excluding carboxylic acids is 2. The zero-order chi connectivity index (χ0) is 16.7. The van der Waals surface area contributed by atoms with Gasteiger partial charge < -0.3 is 10.1 Å². The van der Waals surface area contributed by atoms with Gasteiger partial charge in [0.15, 0.2) is 5.78 Å². The van der Waals surface area contributed by atoms with Crippen LogP contribution in [0.15, 0.2) is 36.4 Å². The third-order valence-corrected chi connectivity index (χ3v) is 4.41. The fourth-order valence-electron chi connectivity index (χ4n) is 1.90. The minimum atomic E-state index is -0.159. The first-order valence-electron chi connectivity index (χ1n) is 7.29. The Labute approximate surface area is 144 Å². The summed E-state index contributed by atoms with van der Waals surface area (Å²) in [7, 11) is 0. The van der Waals surface area contributed by atoms with Crippen LogP contribution in [0.1, 0.15) is 28.1 Å². The van der Waals surface area contributed by atoms with Gasteiger partial charge in [-0.2, -0.15) is 0 Å². The topological polar surface area (TPSA) is 55.4 Å². The average Bonchev–Trinajstić information content (AvgIpc) is 2.97. The number of nitrogens with one attached hydrogen (secondary N) is 1. The molecule has 0 radical (unpaired) electrons. The molecule has 0 bridgehead atoms. The van der Waals surface area contributed by atoms with Gasteiger partial charge in [0.25, 0.3) is 0 Å². The molecule has 1 heterocycles. The molecule has 0 unspecified atom stereocenters. The zero-order valence-corrected chi connectivity index (χ0v) is 14.4. The highest BCUT2D eigenvalue weighted by Crippen LogP contribution is 2.22. The molecule has 23 heavy (non-hydrogen) atoms. The van der Waals surface area contributed by atoms with Gasteiger partial charge in [0.1, 0.15) is 12.4 Å². The molecule has 1 amide bonds. The van der Waals surface area contributed by atoms with Crippen LogP contribution in [0.3, 0.4) is 0 Å². The Kier molecular flexibility index (Phi) is 6.62. The number of carbonyl (C=O) groups is 2. The quantitative estimate of drug-likeness (QED) is 0.580. The van der Waals surface area contributed by atoms with E-state index in [4.69, 9.17) is 16.3 Å². The van der Waals surface area contributed by atoms with Crippen molar-refractivity contribution in [1.82, 2.24) is 5.32 Å². The van der Waals surface area contributed by atoms with Gasteiger partial charge in [-0.05, 0) is 31.2 Å². The second-order valence-corrected chi connectivity index (χ2v) is 6.75. The molecular formula is C17H18ClNO3S. The lowest BCUT2D eigenvalue weighted by Crippen LogP contribution is -2.28. The fraction of sp³-hybridized carbons (Fsp3) is 0.294. The van der Waals surface area contributed by atoms with Gasteiger partial charge in [-0.1, -0.05) is 29.3 Å². The Morgan fingerprint density at radius 3 is 2.52 bits per heavy atom. The predicted molar refractivity (Wildman–Crippen MR) is 92.6 cm³/mol. The Morgan fingerprint density at radius 2 is 1.87 bits per heavy atom. The molecule has 1 N–H and O–H groups in total. The predicted octanol–water partition coefficient (Wildman–Crippen LogP) is 3.87. The molecule has 1 aromatic carbocycles. The molecule has 0 fully saturated rings. The summed E-state index contributed by atoms with van der Waals surface area (Å²) < 4.78 is 6.09. The van der Waals surface area contributed by atoms with Crippen molar-refractivity contribution >= 4 is 34.6 Å². The standard InChI is InChI=1S/C17H18ClNO3S/c1-12-2-4-13(5-3-12)22-11-10-19-17(21)9-6-14(20)15-7-8-16(18)23-15/h2-5,7-8H,6,9-11H2,1H3,(H,19,21). The summed E-state index contributed by atoms with van der Waals surface area (Å²) in [5.41, 5.74) is 1.17. The summed E-state index contributed by atoms with van der Waals surface area (Å²) in [5, 5.41) is 2.74. The van der Waals surface area contributed by atoms with Gasteiger partial charge in [0.2, 0.25) is 5.91 Å². The van der Waals surface area contributed by atoms with Gasteiger partial charge in [-0.3, -0.25) is 9.59 Å². The number of benzene rings is 1. The number of amides is 1. The van der Waals surface area contributed by atoms with Crippen LogP contribution in [-0.2, 0) is 4.79 Å². The van der Waals surface area contributed by atoms with E-state index in [-0.39, 0.29) is 24.5 Å². The number of halogens is 1. The van der Waals surface area contributed by atoms with Gasteiger partial charge in [-0.25, -0.2) is 0 Å². The fourth-order valence-corrected chi connectivity index (χ4v) is 2.91. The van der Waals surface area contributed by atoms with Crippen LogP contribution in [0.25, 0.3) is 0 Å². The monoisotopic (exact) mass is 351 g/mol. The normalized spacial score (nSPS) is 10.3. The van der Waals surface area contributed by atoms with E-state index < -0.39 is 0 Å². The minimum absolute atomic E-state index is 0.0621. The molecular weight excluding hydrogens is 334 g/mol. The van der Waals surface area contributed by atoms with Crippen molar-refractivity contribution in [3.63, 3.8) is 0 Å². The van der Waals surface area contributed by atoms with Crippen LogP contribution in [0, 0.1) is 6.92 Å². The first-order valence-corrected chi connectivity index (χ1v) is 8.49. The first-order chi connectivity index (χ1) is 11.0. The number of rotatable bonds is 8. The van der Waals surface area contributed by atoms with Gasteiger partial charge in [-0.15, -0.1) is 11.3 Å². The van der Waals surface area contributed by atoms with Crippen molar-refractivity contribution < 1.29 is 14.3 Å². The Morgan fingerprint density at radius 1 is 1.13 bits per heavy atom. The molecule has 0 spiro atoms. The highest BCUT2D eigenvalue weighted by Gasteiger charge is 2.11. The SMILES string of the molecule is Cc1ccc(OCCNC(=O)CCC(=O)c2ccc(Cl)s2)cc1. The highest BCUT2D eigenvalue weighted by atomic mass is 35.5. The zero-order valence-electron chi connectivity index (χ0n) is 12.8. The second kappa shape index (κ2) is 8.70. The maximum absolute atomic E-state index is 11.9. The third kappa shape index (κ3) is 6.04. The number of aryl methyl sites for hydroxylation is 1. The molecule has 0 saturated carbocycles. The lowest BCUT2D eigenvalue weighted by molar-refractivity contribution is -0.121. The number of Topliss-reactive ketones (excluding diaryl/α,β-unsaturated/α-hetero) is 1. The molecule has 2 aromatic rings. The molecule has 4 nitrogen and oxygen atoms in total. The van der Waals surface area contributed by atoms with E-state index in [1.165, 1.54) is 16.9 Å². The van der Waals surface area contributed by atoms with Gasteiger partial charge in [0, 0.05) is 12.8 Å². The lowest BCUT2D eigenvalue weighted by atomic mass is 10.2. The van der Waals surface area contributed by atoms with Crippen LogP contribution in [0.4, 0.5) is 0 Å². The molecule has 2 rings (SSSR count). The Hall–Kier alpha value is -1.85. The molecule has 0 aliphatic rings. The van der Waals surface area contributed by atoms with E-state index in [2.05, 4.69) is 5.32 Å². The number of ketones is 1. The first kappa shape index (κ1) is 17.5. The molecule has 0 aliphatic carbocycles. The van der Waals surface area contributed by atoms with E-state index in [9.17, 15) is 9.59 Å². The van der Waals surface area contributed by atoms with Crippen LogP contribution < -0.4 is 10.1 Å². The van der Waals surface area contributed by atoms with Crippen LogP contribution in [0.5, 0.6) is 5.75 Å². The van der Waals surface area contributed by atoms with Gasteiger partial charge in [0.05, 0.1) is 15.8 Å². The smallest absolute Gasteiger partial charge is 0.220 e. The number of ether oxygens (including phenoxy) is 1. The number of hydrogen-bond donors (Lipinski definition) is 1. The van der Waals surface area contributed by atoms with Crippen molar-refractivity contribution in [3.8, 4) is 5.75 Å². The van der Waals surface area contributed by atoms with E-state index in [0.29, 0.717) is 22.4 Å². The van der Waals surface area contributed by atoms with E-state index in [1.54, 1.807) is 12.1 Å². The maximum atomic E-state index is 11.9. The van der Waals surface area contributed by atoms with Crippen LogP contribution in [-0.4, -0.2) is 24.8 Å². The van der Waals surface area contributed by atoms with Gasteiger partial charge >= 0.3 is 0 Å². The van der Waals surface area contributed by atoms with E-state index >= 15 is 0 Å². The number of hydrogen-bond acceptors (Lipinski definition) is 4. The van der Waals surface area contributed by atoms with Crippen LogP contribution in [0.2, 0.25) is 4.34 Å². The minimum Gasteiger partial charge on any atom is -0.492 e. The van der Waals surface area contributed by atoms with Crippen molar-refractivity contribution in [2.45, 2.75) is 19.8 Å². The maximum Gasteiger partial charge on any atom is 0.220 e. The summed E-state index contributed by atoms with van der Waals surface area (Å²) in [6.07, 6.45) is 0.348. The van der Waals surface area contributed by atoms with Crippen molar-refractivity contribution in [3.05, 3.63) is 51.2 Å². The Balaban J connectivity index is 1.61. The molecule has 6 heteroatoms. The Bertz CT molecular complexity index is 667. The molecule has 1 aromatic heterocycles. The average molecular weight is 352 g/mol.